The zero-order chi connectivity index (χ0) is 12.5. The highest BCUT2D eigenvalue weighted by molar-refractivity contribution is 14.0. The quantitative estimate of drug-likeness (QED) is 0.341. The number of rotatable bonds is 5. The lowest BCUT2D eigenvalue weighted by Gasteiger charge is -2.32. The molecule has 0 aliphatic carbocycles. The van der Waals surface area contributed by atoms with Gasteiger partial charge < -0.3 is 10.2 Å². The third-order valence-electron chi connectivity index (χ3n) is 3.35. The summed E-state index contributed by atoms with van der Waals surface area (Å²) < 4.78 is 0. The fraction of sp³-hybridized carbons (Fsp3) is 0.923. The van der Waals surface area contributed by atoms with Gasteiger partial charge in [0.05, 0.1) is 0 Å². The Balaban J connectivity index is 0.00000289. The fourth-order valence-electron chi connectivity index (χ4n) is 2.12. The standard InChI is InChI=1S/C13H27N3S.HI/c1-12-6-9-16(10-7-12)13(14-2)15-8-4-5-11-17-3;/h12H,4-11H2,1-3H3,(H,14,15);1H. The molecule has 5 heteroatoms. The number of likely N-dealkylation sites (tertiary alicyclic amines) is 1. The van der Waals surface area contributed by atoms with Crippen LogP contribution in [0.1, 0.15) is 32.6 Å². The van der Waals surface area contributed by atoms with Gasteiger partial charge in [0.25, 0.3) is 0 Å². The molecule has 1 rings (SSSR count). The van der Waals surface area contributed by atoms with E-state index in [1.807, 2.05) is 18.8 Å². The summed E-state index contributed by atoms with van der Waals surface area (Å²) >= 11 is 1.93. The topological polar surface area (TPSA) is 27.6 Å². The summed E-state index contributed by atoms with van der Waals surface area (Å²) in [6.45, 7) is 5.71. The predicted octanol–water partition coefficient (Wildman–Crippen LogP) is 3.05. The minimum absolute atomic E-state index is 0. The lowest BCUT2D eigenvalue weighted by Crippen LogP contribution is -2.45. The Labute approximate surface area is 134 Å². The van der Waals surface area contributed by atoms with Crippen molar-refractivity contribution in [3.8, 4) is 0 Å². The number of unbranched alkanes of at least 4 members (excludes halogenated alkanes) is 1. The average Bonchev–Trinajstić information content (AvgIpc) is 2.35. The predicted molar refractivity (Wildman–Crippen MR) is 94.4 cm³/mol. The van der Waals surface area contributed by atoms with Gasteiger partial charge >= 0.3 is 0 Å². The zero-order valence-electron chi connectivity index (χ0n) is 11.9. The molecule has 0 radical (unpaired) electrons. The van der Waals surface area contributed by atoms with Gasteiger partial charge in [0.15, 0.2) is 5.96 Å². The molecule has 0 bridgehead atoms. The molecular weight excluding hydrogens is 357 g/mol. The summed E-state index contributed by atoms with van der Waals surface area (Å²) in [4.78, 5) is 6.78. The first-order valence-electron chi connectivity index (χ1n) is 6.72. The number of piperidine rings is 1. The molecule has 0 aromatic carbocycles. The van der Waals surface area contributed by atoms with Crippen LogP contribution >= 0.6 is 35.7 Å². The largest absolute Gasteiger partial charge is 0.356 e. The van der Waals surface area contributed by atoms with Gasteiger partial charge in [-0.1, -0.05) is 6.92 Å². The number of nitrogens with zero attached hydrogens (tertiary/aromatic N) is 2. The van der Waals surface area contributed by atoms with E-state index in [4.69, 9.17) is 0 Å². The van der Waals surface area contributed by atoms with Crippen molar-refractivity contribution in [3.63, 3.8) is 0 Å². The summed E-state index contributed by atoms with van der Waals surface area (Å²) in [5.41, 5.74) is 0. The number of hydrogen-bond acceptors (Lipinski definition) is 2. The van der Waals surface area contributed by atoms with Crippen LogP contribution in [-0.4, -0.2) is 49.6 Å². The van der Waals surface area contributed by atoms with Crippen LogP contribution in [0.25, 0.3) is 0 Å². The van der Waals surface area contributed by atoms with Crippen LogP contribution in [0.4, 0.5) is 0 Å². The van der Waals surface area contributed by atoms with Gasteiger partial charge in [0, 0.05) is 26.7 Å². The maximum Gasteiger partial charge on any atom is 0.193 e. The summed E-state index contributed by atoms with van der Waals surface area (Å²) in [6.07, 6.45) is 7.30. The smallest absolute Gasteiger partial charge is 0.193 e. The van der Waals surface area contributed by atoms with Crippen molar-refractivity contribution in [2.45, 2.75) is 32.6 Å². The molecule has 1 N–H and O–H groups in total. The van der Waals surface area contributed by atoms with Gasteiger partial charge in [-0.15, -0.1) is 24.0 Å². The molecular formula is C13H28IN3S. The van der Waals surface area contributed by atoms with Gasteiger partial charge in [0.2, 0.25) is 0 Å². The minimum atomic E-state index is 0. The number of guanidine groups is 1. The molecule has 0 saturated carbocycles. The monoisotopic (exact) mass is 385 g/mol. The SMILES string of the molecule is CN=C(NCCCCSC)N1CCC(C)CC1.I. The second-order valence-corrected chi connectivity index (χ2v) is 5.83. The van der Waals surface area contributed by atoms with E-state index in [0.717, 1.165) is 31.5 Å². The molecule has 0 spiro atoms. The second kappa shape index (κ2) is 11.2. The molecule has 1 heterocycles. The van der Waals surface area contributed by atoms with E-state index in [1.54, 1.807) is 0 Å². The van der Waals surface area contributed by atoms with E-state index in [-0.39, 0.29) is 24.0 Å². The normalized spacial score (nSPS) is 17.5. The zero-order valence-corrected chi connectivity index (χ0v) is 15.1. The second-order valence-electron chi connectivity index (χ2n) is 4.84. The van der Waals surface area contributed by atoms with E-state index in [0.29, 0.717) is 0 Å². The van der Waals surface area contributed by atoms with Crippen molar-refractivity contribution in [1.82, 2.24) is 10.2 Å². The Bertz CT molecular complexity index is 228. The molecule has 0 atom stereocenters. The molecule has 108 valence electrons. The third-order valence-corrected chi connectivity index (χ3v) is 4.05. The molecule has 0 aromatic heterocycles. The van der Waals surface area contributed by atoms with Crippen LogP contribution in [0.15, 0.2) is 4.99 Å². The highest BCUT2D eigenvalue weighted by Gasteiger charge is 2.17. The van der Waals surface area contributed by atoms with E-state index < -0.39 is 0 Å². The van der Waals surface area contributed by atoms with Crippen molar-refractivity contribution in [1.29, 1.82) is 0 Å². The lowest BCUT2D eigenvalue weighted by atomic mass is 10.00. The number of hydrogen-bond donors (Lipinski definition) is 1. The minimum Gasteiger partial charge on any atom is -0.356 e. The van der Waals surface area contributed by atoms with Crippen molar-refractivity contribution in [2.75, 3.05) is 38.7 Å². The van der Waals surface area contributed by atoms with Gasteiger partial charge in [-0.3, -0.25) is 4.99 Å². The van der Waals surface area contributed by atoms with E-state index in [9.17, 15) is 0 Å². The maximum atomic E-state index is 4.38. The summed E-state index contributed by atoms with van der Waals surface area (Å²) in [7, 11) is 1.89. The van der Waals surface area contributed by atoms with Crippen molar-refractivity contribution < 1.29 is 0 Å². The molecule has 3 nitrogen and oxygen atoms in total. The van der Waals surface area contributed by atoms with Crippen molar-refractivity contribution >= 4 is 41.7 Å². The number of halogens is 1. The molecule has 0 amide bonds. The van der Waals surface area contributed by atoms with Crippen LogP contribution in [0, 0.1) is 5.92 Å². The average molecular weight is 385 g/mol. The molecule has 18 heavy (non-hydrogen) atoms. The fourth-order valence-corrected chi connectivity index (χ4v) is 2.62. The van der Waals surface area contributed by atoms with Gasteiger partial charge in [0.1, 0.15) is 0 Å². The Morgan fingerprint density at radius 3 is 2.56 bits per heavy atom. The maximum absolute atomic E-state index is 4.38. The Morgan fingerprint density at radius 1 is 1.33 bits per heavy atom. The van der Waals surface area contributed by atoms with Crippen molar-refractivity contribution in [3.05, 3.63) is 0 Å². The van der Waals surface area contributed by atoms with Crippen LogP contribution in [0.2, 0.25) is 0 Å². The van der Waals surface area contributed by atoms with Crippen LogP contribution in [0.5, 0.6) is 0 Å². The highest BCUT2D eigenvalue weighted by Crippen LogP contribution is 2.15. The van der Waals surface area contributed by atoms with E-state index >= 15 is 0 Å². The molecule has 1 aliphatic rings. The molecule has 1 saturated heterocycles. The first-order chi connectivity index (χ1) is 8.27. The molecule has 1 fully saturated rings. The van der Waals surface area contributed by atoms with Crippen LogP contribution in [-0.2, 0) is 0 Å². The Hall–Kier alpha value is 0.350. The lowest BCUT2D eigenvalue weighted by molar-refractivity contribution is 0.273. The van der Waals surface area contributed by atoms with Crippen LogP contribution < -0.4 is 5.32 Å². The molecule has 1 aliphatic heterocycles. The summed E-state index contributed by atoms with van der Waals surface area (Å²) in [6, 6.07) is 0. The van der Waals surface area contributed by atoms with Gasteiger partial charge in [-0.05, 0) is 43.6 Å². The molecule has 0 unspecified atom stereocenters. The number of aliphatic imine (C=N–C) groups is 1. The first kappa shape index (κ1) is 18.4. The van der Waals surface area contributed by atoms with E-state index in [2.05, 4.69) is 28.4 Å². The third kappa shape index (κ3) is 7.07. The Kier molecular flexibility index (Phi) is 11.4. The summed E-state index contributed by atoms with van der Waals surface area (Å²) in [5.74, 6) is 3.24. The number of thioether (sulfide) groups is 1. The molecule has 0 aromatic rings. The van der Waals surface area contributed by atoms with E-state index in [1.165, 1.54) is 31.4 Å². The van der Waals surface area contributed by atoms with Crippen molar-refractivity contribution in [2.24, 2.45) is 10.9 Å². The Morgan fingerprint density at radius 2 is 2.00 bits per heavy atom. The highest BCUT2D eigenvalue weighted by atomic mass is 127. The summed E-state index contributed by atoms with van der Waals surface area (Å²) in [5, 5.41) is 3.48. The van der Waals surface area contributed by atoms with Gasteiger partial charge in [-0.25, -0.2) is 0 Å². The van der Waals surface area contributed by atoms with Gasteiger partial charge in [-0.2, -0.15) is 11.8 Å². The van der Waals surface area contributed by atoms with Crippen LogP contribution in [0.3, 0.4) is 0 Å². The first-order valence-corrected chi connectivity index (χ1v) is 8.12. The number of nitrogens with one attached hydrogen (secondary N) is 1.